The van der Waals surface area contributed by atoms with Gasteiger partial charge in [0.15, 0.2) is 5.96 Å². The summed E-state index contributed by atoms with van der Waals surface area (Å²) in [5.41, 5.74) is 3.78. The minimum Gasteiger partial charge on any atom is -0.434 e. The van der Waals surface area contributed by atoms with Crippen molar-refractivity contribution in [1.29, 1.82) is 0 Å². The first-order valence-electron chi connectivity index (χ1n) is 8.89. The lowest BCUT2D eigenvalue weighted by Gasteiger charge is -2.15. The smallest absolute Gasteiger partial charge is 0.387 e. The van der Waals surface area contributed by atoms with Crippen molar-refractivity contribution in [1.82, 2.24) is 20.4 Å². The molecule has 0 aliphatic heterocycles. The molecule has 0 saturated heterocycles. The summed E-state index contributed by atoms with van der Waals surface area (Å²) >= 11 is 0. The van der Waals surface area contributed by atoms with Gasteiger partial charge in [0.05, 0.1) is 5.69 Å². The van der Waals surface area contributed by atoms with Crippen LogP contribution in [0.25, 0.3) is 0 Å². The fourth-order valence-electron chi connectivity index (χ4n) is 2.79. The number of ether oxygens (including phenoxy) is 1. The Bertz CT molecular complexity index is 773. The number of rotatable bonds is 8. The van der Waals surface area contributed by atoms with E-state index in [1.165, 1.54) is 0 Å². The number of benzene rings is 1. The third kappa shape index (κ3) is 6.54. The van der Waals surface area contributed by atoms with Crippen LogP contribution in [0.1, 0.15) is 28.9 Å². The highest BCUT2D eigenvalue weighted by Gasteiger charge is 2.10. The molecule has 0 fully saturated rings. The maximum Gasteiger partial charge on any atom is 0.387 e. The zero-order valence-corrected chi connectivity index (χ0v) is 16.2. The number of guanidine groups is 1. The average molecular weight is 379 g/mol. The molecule has 2 aromatic rings. The number of nitrogens with one attached hydrogen (secondary N) is 2. The van der Waals surface area contributed by atoms with Crippen molar-refractivity contribution >= 4 is 5.96 Å². The summed E-state index contributed by atoms with van der Waals surface area (Å²) in [4.78, 5) is 4.17. The number of aryl methyl sites for hydroxylation is 4. The average Bonchev–Trinajstić information content (AvgIpc) is 2.93. The molecule has 148 valence electrons. The van der Waals surface area contributed by atoms with E-state index in [0.29, 0.717) is 24.6 Å². The largest absolute Gasteiger partial charge is 0.434 e. The number of hydrogen-bond acceptors (Lipinski definition) is 3. The summed E-state index contributed by atoms with van der Waals surface area (Å²) in [6.07, 6.45) is 0.882. The number of hydrogen-bond donors (Lipinski definition) is 2. The summed E-state index contributed by atoms with van der Waals surface area (Å²) in [5, 5.41) is 10.8. The third-order valence-electron chi connectivity index (χ3n) is 4.04. The molecule has 0 spiro atoms. The van der Waals surface area contributed by atoms with Crippen LogP contribution in [0.4, 0.5) is 8.78 Å². The molecule has 1 aromatic carbocycles. The van der Waals surface area contributed by atoms with E-state index in [1.54, 1.807) is 19.2 Å². The van der Waals surface area contributed by atoms with Crippen LogP contribution in [0.2, 0.25) is 0 Å². The molecule has 0 aliphatic rings. The summed E-state index contributed by atoms with van der Waals surface area (Å²) in [6, 6.07) is 7.17. The van der Waals surface area contributed by atoms with E-state index in [0.717, 1.165) is 29.9 Å². The number of aliphatic imine (C=N–C) groups is 1. The van der Waals surface area contributed by atoms with Crippen molar-refractivity contribution in [2.24, 2.45) is 4.99 Å². The first kappa shape index (κ1) is 20.7. The molecular weight excluding hydrogens is 352 g/mol. The van der Waals surface area contributed by atoms with Crippen LogP contribution in [0, 0.1) is 20.8 Å². The first-order chi connectivity index (χ1) is 12.9. The standard InChI is InChI=1S/C19H27F2N5O/c1-13-6-7-17(27-18(20)21)16(10-13)12-24-19(22-4)23-8-5-9-26-15(3)11-14(2)25-26/h6-7,10-11,18H,5,8-9,12H2,1-4H3,(H2,22,23,24). The van der Waals surface area contributed by atoms with Gasteiger partial charge in [-0.25, -0.2) is 0 Å². The number of nitrogens with zero attached hydrogens (tertiary/aromatic N) is 3. The molecular formula is C19H27F2N5O. The van der Waals surface area contributed by atoms with Gasteiger partial charge in [-0.3, -0.25) is 9.67 Å². The molecule has 0 atom stereocenters. The lowest BCUT2D eigenvalue weighted by Crippen LogP contribution is -2.37. The molecule has 0 radical (unpaired) electrons. The topological polar surface area (TPSA) is 63.5 Å². The van der Waals surface area contributed by atoms with E-state index < -0.39 is 6.61 Å². The predicted molar refractivity (Wildman–Crippen MR) is 102 cm³/mol. The monoisotopic (exact) mass is 379 g/mol. The van der Waals surface area contributed by atoms with Gasteiger partial charge in [0, 0.05) is 37.9 Å². The van der Waals surface area contributed by atoms with Crippen LogP contribution in [-0.2, 0) is 13.1 Å². The molecule has 0 bridgehead atoms. The van der Waals surface area contributed by atoms with Crippen molar-refractivity contribution in [2.45, 2.75) is 46.9 Å². The molecule has 0 unspecified atom stereocenters. The van der Waals surface area contributed by atoms with Gasteiger partial charge >= 0.3 is 6.61 Å². The molecule has 0 amide bonds. The number of alkyl halides is 2. The maximum absolute atomic E-state index is 12.6. The molecule has 0 aliphatic carbocycles. The van der Waals surface area contributed by atoms with Crippen molar-refractivity contribution in [3.05, 3.63) is 46.8 Å². The van der Waals surface area contributed by atoms with E-state index >= 15 is 0 Å². The van der Waals surface area contributed by atoms with Gasteiger partial charge in [-0.1, -0.05) is 17.7 Å². The maximum atomic E-state index is 12.6. The van der Waals surface area contributed by atoms with Gasteiger partial charge < -0.3 is 15.4 Å². The fourth-order valence-corrected chi connectivity index (χ4v) is 2.79. The number of halogens is 2. The zero-order chi connectivity index (χ0) is 19.8. The highest BCUT2D eigenvalue weighted by Crippen LogP contribution is 2.21. The lowest BCUT2D eigenvalue weighted by atomic mass is 10.1. The lowest BCUT2D eigenvalue weighted by molar-refractivity contribution is -0.0504. The molecule has 6 nitrogen and oxygen atoms in total. The van der Waals surface area contributed by atoms with Crippen LogP contribution in [0.3, 0.4) is 0 Å². The van der Waals surface area contributed by atoms with E-state index in [9.17, 15) is 8.78 Å². The molecule has 2 N–H and O–H groups in total. The Kier molecular flexibility index (Phi) is 7.57. The van der Waals surface area contributed by atoms with Crippen LogP contribution < -0.4 is 15.4 Å². The second-order valence-electron chi connectivity index (χ2n) is 6.35. The van der Waals surface area contributed by atoms with Crippen LogP contribution >= 0.6 is 0 Å². The van der Waals surface area contributed by atoms with Gasteiger partial charge in [-0.2, -0.15) is 13.9 Å². The van der Waals surface area contributed by atoms with Crippen molar-refractivity contribution in [2.75, 3.05) is 13.6 Å². The molecule has 1 heterocycles. The van der Waals surface area contributed by atoms with E-state index in [2.05, 4.69) is 31.5 Å². The van der Waals surface area contributed by atoms with Crippen LogP contribution in [-0.4, -0.2) is 35.9 Å². The van der Waals surface area contributed by atoms with Gasteiger partial charge in [-0.15, -0.1) is 0 Å². The summed E-state index contributed by atoms with van der Waals surface area (Å²) < 4.78 is 31.7. The van der Waals surface area contributed by atoms with Gasteiger partial charge in [0.25, 0.3) is 0 Å². The predicted octanol–water partition coefficient (Wildman–Crippen LogP) is 3.17. The minimum atomic E-state index is -2.85. The van der Waals surface area contributed by atoms with Gasteiger partial charge in [-0.05, 0) is 39.3 Å². The van der Waals surface area contributed by atoms with Gasteiger partial charge in [0.1, 0.15) is 5.75 Å². The highest BCUT2D eigenvalue weighted by atomic mass is 19.3. The normalized spacial score (nSPS) is 11.7. The van der Waals surface area contributed by atoms with Crippen LogP contribution in [0.5, 0.6) is 5.75 Å². The molecule has 2 rings (SSSR count). The second kappa shape index (κ2) is 9.89. The SMILES string of the molecule is CN=C(NCCCn1nc(C)cc1C)NCc1cc(C)ccc1OC(F)F. The van der Waals surface area contributed by atoms with Crippen molar-refractivity contribution < 1.29 is 13.5 Å². The van der Waals surface area contributed by atoms with Gasteiger partial charge in [0.2, 0.25) is 0 Å². The second-order valence-corrected chi connectivity index (χ2v) is 6.35. The van der Waals surface area contributed by atoms with E-state index in [-0.39, 0.29) is 5.75 Å². The highest BCUT2D eigenvalue weighted by molar-refractivity contribution is 5.79. The zero-order valence-electron chi connectivity index (χ0n) is 16.2. The van der Waals surface area contributed by atoms with Crippen molar-refractivity contribution in [3.63, 3.8) is 0 Å². The Morgan fingerprint density at radius 3 is 2.63 bits per heavy atom. The Morgan fingerprint density at radius 1 is 1.22 bits per heavy atom. The molecule has 8 heteroatoms. The summed E-state index contributed by atoms with van der Waals surface area (Å²) in [6.45, 7) is 4.93. The Hall–Kier alpha value is -2.64. The summed E-state index contributed by atoms with van der Waals surface area (Å²) in [5.74, 6) is 0.774. The molecule has 27 heavy (non-hydrogen) atoms. The Labute approximate surface area is 158 Å². The molecule has 0 saturated carbocycles. The quantitative estimate of drug-likeness (QED) is 0.420. The number of aromatic nitrogens is 2. The Morgan fingerprint density at radius 2 is 2.00 bits per heavy atom. The Balaban J connectivity index is 1.83. The van der Waals surface area contributed by atoms with Crippen LogP contribution in [0.15, 0.2) is 29.3 Å². The third-order valence-corrected chi connectivity index (χ3v) is 4.04. The fraction of sp³-hybridized carbons (Fsp3) is 0.474. The van der Waals surface area contributed by atoms with E-state index in [1.807, 2.05) is 31.5 Å². The summed E-state index contributed by atoms with van der Waals surface area (Å²) in [7, 11) is 1.67. The first-order valence-corrected chi connectivity index (χ1v) is 8.89. The van der Waals surface area contributed by atoms with E-state index in [4.69, 9.17) is 0 Å². The van der Waals surface area contributed by atoms with Crippen molar-refractivity contribution in [3.8, 4) is 5.75 Å². The minimum absolute atomic E-state index is 0.170. The molecule has 1 aromatic heterocycles.